The van der Waals surface area contributed by atoms with Crippen LogP contribution >= 0.6 is 0 Å². The van der Waals surface area contributed by atoms with Gasteiger partial charge in [-0.15, -0.1) is 0 Å². The molecule has 0 aliphatic carbocycles. The van der Waals surface area contributed by atoms with E-state index in [4.69, 9.17) is 4.74 Å². The maximum Gasteiger partial charge on any atom is 0.319 e. The lowest BCUT2D eigenvalue weighted by molar-refractivity contribution is 0.0565. The number of amides is 2. The van der Waals surface area contributed by atoms with Gasteiger partial charge < -0.3 is 20.5 Å². The summed E-state index contributed by atoms with van der Waals surface area (Å²) in [5.41, 5.74) is 0.528. The molecule has 0 fully saturated rings. The van der Waals surface area contributed by atoms with Gasteiger partial charge in [0, 0.05) is 12.2 Å². The zero-order valence-electron chi connectivity index (χ0n) is 13.3. The molecule has 1 aromatic carbocycles. The molecule has 0 aliphatic heterocycles. The van der Waals surface area contributed by atoms with Crippen molar-refractivity contribution in [3.05, 3.63) is 24.3 Å². The fraction of sp³-hybridized carbons (Fsp3) is 0.562. The van der Waals surface area contributed by atoms with Gasteiger partial charge >= 0.3 is 6.03 Å². The molecule has 0 radical (unpaired) electrons. The molecule has 0 aliphatic rings. The normalized spacial score (nSPS) is 12.6. The van der Waals surface area contributed by atoms with Gasteiger partial charge in [0.1, 0.15) is 5.75 Å². The third-order valence-electron chi connectivity index (χ3n) is 3.13. The number of nitrogens with one attached hydrogen (secondary N) is 2. The number of anilines is 1. The van der Waals surface area contributed by atoms with Crippen LogP contribution < -0.4 is 15.4 Å². The number of urea groups is 1. The van der Waals surface area contributed by atoms with Gasteiger partial charge in [-0.1, -0.05) is 20.8 Å². The molecule has 1 rings (SSSR count). The number of rotatable bonds is 6. The second kappa shape index (κ2) is 7.88. The lowest BCUT2D eigenvalue weighted by Crippen LogP contribution is -2.34. The highest BCUT2D eigenvalue weighted by Crippen LogP contribution is 2.21. The van der Waals surface area contributed by atoms with Gasteiger partial charge in [0.05, 0.1) is 12.7 Å². The number of hydrogen-bond acceptors (Lipinski definition) is 3. The van der Waals surface area contributed by atoms with Crippen molar-refractivity contribution in [1.82, 2.24) is 5.32 Å². The number of carbonyl (C=O) groups is 1. The predicted octanol–water partition coefficient (Wildman–Crippen LogP) is 3.00. The number of ether oxygens (including phenoxy) is 1. The summed E-state index contributed by atoms with van der Waals surface area (Å²) in [4.78, 5) is 11.7. The summed E-state index contributed by atoms with van der Waals surface area (Å²) in [5, 5.41) is 15.4. The Kier molecular flexibility index (Phi) is 6.49. The Bertz CT molecular complexity index is 438. The first-order chi connectivity index (χ1) is 9.82. The Morgan fingerprint density at radius 1 is 1.29 bits per heavy atom. The molecule has 5 nitrogen and oxygen atoms in total. The molecular formula is C16H26N2O3. The van der Waals surface area contributed by atoms with Gasteiger partial charge in [-0.2, -0.15) is 0 Å². The summed E-state index contributed by atoms with van der Waals surface area (Å²) in [7, 11) is 0. The topological polar surface area (TPSA) is 70.6 Å². The standard InChI is InChI=1S/C16H26N2O3/c1-5-21-13-8-6-12(7-9-13)18-15(20)17-11-10-14(19)16(2,3)4/h6-9,14,19H,5,10-11H2,1-4H3,(H2,17,18,20). The van der Waals surface area contributed by atoms with E-state index in [-0.39, 0.29) is 11.4 Å². The highest BCUT2D eigenvalue weighted by Gasteiger charge is 2.21. The number of aliphatic hydroxyl groups excluding tert-OH is 1. The van der Waals surface area contributed by atoms with Crippen molar-refractivity contribution in [3.63, 3.8) is 0 Å². The van der Waals surface area contributed by atoms with Crippen molar-refractivity contribution in [2.24, 2.45) is 5.41 Å². The van der Waals surface area contributed by atoms with E-state index in [0.29, 0.717) is 25.3 Å². The van der Waals surface area contributed by atoms with Crippen LogP contribution in [0.4, 0.5) is 10.5 Å². The Hall–Kier alpha value is -1.75. The van der Waals surface area contributed by atoms with Crippen LogP contribution in [0, 0.1) is 5.41 Å². The first kappa shape index (κ1) is 17.3. The minimum absolute atomic E-state index is 0.173. The van der Waals surface area contributed by atoms with Crippen LogP contribution in [0.15, 0.2) is 24.3 Å². The molecule has 21 heavy (non-hydrogen) atoms. The van der Waals surface area contributed by atoms with Crippen LogP contribution in [0.3, 0.4) is 0 Å². The van der Waals surface area contributed by atoms with Crippen molar-refractivity contribution >= 4 is 11.7 Å². The molecule has 1 aromatic rings. The van der Waals surface area contributed by atoms with E-state index in [1.54, 1.807) is 12.1 Å². The summed E-state index contributed by atoms with van der Waals surface area (Å²) in [5.74, 6) is 0.775. The number of carbonyl (C=O) groups excluding carboxylic acids is 1. The molecule has 0 saturated carbocycles. The van der Waals surface area contributed by atoms with E-state index < -0.39 is 6.10 Å². The minimum atomic E-state index is -0.441. The van der Waals surface area contributed by atoms with E-state index in [2.05, 4.69) is 10.6 Å². The molecule has 0 saturated heterocycles. The largest absolute Gasteiger partial charge is 0.494 e. The Morgan fingerprint density at radius 2 is 1.90 bits per heavy atom. The van der Waals surface area contributed by atoms with E-state index in [1.165, 1.54) is 0 Å². The van der Waals surface area contributed by atoms with Gasteiger partial charge in [0.2, 0.25) is 0 Å². The van der Waals surface area contributed by atoms with Crippen LogP contribution in [0.5, 0.6) is 5.75 Å². The zero-order valence-corrected chi connectivity index (χ0v) is 13.3. The number of hydrogen-bond donors (Lipinski definition) is 3. The molecule has 118 valence electrons. The molecule has 0 bridgehead atoms. The second-order valence-electron chi connectivity index (χ2n) is 6.01. The van der Waals surface area contributed by atoms with E-state index >= 15 is 0 Å². The lowest BCUT2D eigenvalue weighted by atomic mass is 9.87. The highest BCUT2D eigenvalue weighted by atomic mass is 16.5. The summed E-state index contributed by atoms with van der Waals surface area (Å²) >= 11 is 0. The maximum atomic E-state index is 11.7. The number of aliphatic hydroxyl groups is 1. The Balaban J connectivity index is 2.33. The molecular weight excluding hydrogens is 268 g/mol. The fourth-order valence-electron chi connectivity index (χ4n) is 1.73. The highest BCUT2D eigenvalue weighted by molar-refractivity contribution is 5.89. The summed E-state index contributed by atoms with van der Waals surface area (Å²) in [6.07, 6.45) is 0.0866. The second-order valence-corrected chi connectivity index (χ2v) is 6.01. The van der Waals surface area contributed by atoms with Crippen molar-refractivity contribution in [2.75, 3.05) is 18.5 Å². The molecule has 0 aromatic heterocycles. The van der Waals surface area contributed by atoms with Crippen LogP contribution in [0.2, 0.25) is 0 Å². The lowest BCUT2D eigenvalue weighted by Gasteiger charge is -2.25. The van der Waals surface area contributed by atoms with Gasteiger partial charge in [-0.05, 0) is 43.0 Å². The Morgan fingerprint density at radius 3 is 2.43 bits per heavy atom. The quantitative estimate of drug-likeness (QED) is 0.755. The van der Waals surface area contributed by atoms with Crippen LogP contribution in [0.25, 0.3) is 0 Å². The van der Waals surface area contributed by atoms with Crippen molar-refractivity contribution in [3.8, 4) is 5.75 Å². The molecule has 1 atom stereocenters. The van der Waals surface area contributed by atoms with Crippen LogP contribution in [-0.4, -0.2) is 30.4 Å². The first-order valence-electron chi connectivity index (χ1n) is 7.28. The van der Waals surface area contributed by atoms with Gasteiger partial charge in [0.25, 0.3) is 0 Å². The Labute approximate surface area is 126 Å². The van der Waals surface area contributed by atoms with Crippen molar-refractivity contribution in [2.45, 2.75) is 40.2 Å². The molecule has 1 unspecified atom stereocenters. The van der Waals surface area contributed by atoms with Gasteiger partial charge in [-0.25, -0.2) is 4.79 Å². The minimum Gasteiger partial charge on any atom is -0.494 e. The fourth-order valence-corrected chi connectivity index (χ4v) is 1.73. The number of benzene rings is 1. The van der Waals surface area contributed by atoms with Gasteiger partial charge in [-0.3, -0.25) is 0 Å². The SMILES string of the molecule is CCOc1ccc(NC(=O)NCCC(O)C(C)(C)C)cc1. The van der Waals surface area contributed by atoms with E-state index in [1.807, 2.05) is 39.8 Å². The summed E-state index contributed by atoms with van der Waals surface area (Å²) in [6, 6.07) is 6.91. The molecule has 0 spiro atoms. The maximum absolute atomic E-state index is 11.7. The van der Waals surface area contributed by atoms with Crippen LogP contribution in [0.1, 0.15) is 34.1 Å². The van der Waals surface area contributed by atoms with Crippen molar-refractivity contribution in [1.29, 1.82) is 0 Å². The monoisotopic (exact) mass is 294 g/mol. The van der Waals surface area contributed by atoms with E-state index in [9.17, 15) is 9.90 Å². The molecule has 5 heteroatoms. The van der Waals surface area contributed by atoms with E-state index in [0.717, 1.165) is 5.75 Å². The molecule has 2 amide bonds. The third kappa shape index (κ3) is 6.49. The summed E-state index contributed by atoms with van der Waals surface area (Å²) in [6.45, 7) is 8.88. The molecule has 0 heterocycles. The zero-order chi connectivity index (χ0) is 15.9. The molecule has 3 N–H and O–H groups in total. The third-order valence-corrected chi connectivity index (χ3v) is 3.13. The van der Waals surface area contributed by atoms with Crippen molar-refractivity contribution < 1.29 is 14.6 Å². The average molecular weight is 294 g/mol. The smallest absolute Gasteiger partial charge is 0.319 e. The van der Waals surface area contributed by atoms with Gasteiger partial charge in [0.15, 0.2) is 0 Å². The first-order valence-corrected chi connectivity index (χ1v) is 7.28. The summed E-state index contributed by atoms with van der Waals surface area (Å²) < 4.78 is 5.33. The van der Waals surface area contributed by atoms with Crippen LogP contribution in [-0.2, 0) is 0 Å². The predicted molar refractivity (Wildman–Crippen MR) is 84.7 cm³/mol. The average Bonchev–Trinajstić information content (AvgIpc) is 2.40.